The van der Waals surface area contributed by atoms with E-state index in [9.17, 15) is 4.79 Å². The molecule has 0 saturated carbocycles. The Balaban J connectivity index is 2.66. The molecule has 1 rings (SSSR count). The van der Waals surface area contributed by atoms with Gasteiger partial charge < -0.3 is 5.32 Å². The lowest BCUT2D eigenvalue weighted by molar-refractivity contribution is 0.831. The molecule has 0 aliphatic carbocycles. The summed E-state index contributed by atoms with van der Waals surface area (Å²) in [4.78, 5) is 11.1. The van der Waals surface area contributed by atoms with Gasteiger partial charge in [0.25, 0.3) is 5.56 Å². The molecule has 5 heteroatoms. The van der Waals surface area contributed by atoms with E-state index >= 15 is 0 Å². The first-order valence-corrected chi connectivity index (χ1v) is 5.02. The van der Waals surface area contributed by atoms with E-state index in [4.69, 9.17) is 0 Å². The number of H-pyrrole nitrogens is 1. The van der Waals surface area contributed by atoms with Gasteiger partial charge in [0.2, 0.25) is 0 Å². The van der Waals surface area contributed by atoms with E-state index in [2.05, 4.69) is 38.4 Å². The third-order valence-electron chi connectivity index (χ3n) is 1.64. The van der Waals surface area contributed by atoms with Crippen molar-refractivity contribution in [3.8, 4) is 0 Å². The Kier molecular flexibility index (Phi) is 3.95. The third kappa shape index (κ3) is 2.84. The van der Waals surface area contributed by atoms with Crippen LogP contribution in [0.15, 0.2) is 15.5 Å². The van der Waals surface area contributed by atoms with Gasteiger partial charge in [0.05, 0.1) is 11.9 Å². The Morgan fingerprint density at radius 1 is 1.69 bits per heavy atom. The molecule has 0 aliphatic rings. The molecule has 4 nitrogen and oxygen atoms in total. The fourth-order valence-corrected chi connectivity index (χ4v) is 1.24. The van der Waals surface area contributed by atoms with E-state index < -0.39 is 0 Å². The molecule has 0 amide bonds. The lowest BCUT2D eigenvalue weighted by atomic mass is 10.3. The van der Waals surface area contributed by atoms with Crippen molar-refractivity contribution in [3.05, 3.63) is 21.0 Å². The van der Waals surface area contributed by atoms with Crippen molar-refractivity contribution >= 4 is 21.6 Å². The van der Waals surface area contributed by atoms with Crippen molar-refractivity contribution in [2.45, 2.75) is 19.8 Å². The largest absolute Gasteiger partial charge is 0.383 e. The minimum atomic E-state index is -0.207. The van der Waals surface area contributed by atoms with Gasteiger partial charge in [-0.2, -0.15) is 5.10 Å². The normalized spacial score (nSPS) is 10.0. The summed E-state index contributed by atoms with van der Waals surface area (Å²) in [5, 5.41) is 9.16. The van der Waals surface area contributed by atoms with Gasteiger partial charge in [0.1, 0.15) is 4.47 Å². The molecular weight excluding hydrogens is 234 g/mol. The molecular formula is C8H12BrN3O. The van der Waals surface area contributed by atoms with Gasteiger partial charge in [-0.3, -0.25) is 4.79 Å². The lowest BCUT2D eigenvalue weighted by Gasteiger charge is -2.05. The molecule has 0 spiro atoms. The van der Waals surface area contributed by atoms with Crippen LogP contribution in [0, 0.1) is 0 Å². The van der Waals surface area contributed by atoms with Crippen LogP contribution in [0.4, 0.5) is 5.69 Å². The number of unbranched alkanes of at least 4 members (excludes halogenated alkanes) is 1. The van der Waals surface area contributed by atoms with E-state index in [1.54, 1.807) is 6.20 Å². The summed E-state index contributed by atoms with van der Waals surface area (Å²) >= 11 is 3.19. The highest BCUT2D eigenvalue weighted by atomic mass is 79.9. The molecule has 2 N–H and O–H groups in total. The first-order chi connectivity index (χ1) is 6.25. The summed E-state index contributed by atoms with van der Waals surface area (Å²) in [5.41, 5.74) is 0.540. The van der Waals surface area contributed by atoms with Gasteiger partial charge in [0, 0.05) is 6.54 Å². The summed E-state index contributed by atoms with van der Waals surface area (Å²) in [6.07, 6.45) is 3.81. The van der Waals surface area contributed by atoms with E-state index in [1.807, 2.05) is 0 Å². The van der Waals surface area contributed by atoms with E-state index in [0.29, 0.717) is 4.47 Å². The molecule has 0 fully saturated rings. The summed E-state index contributed by atoms with van der Waals surface area (Å²) in [5.74, 6) is 0. The zero-order valence-corrected chi connectivity index (χ0v) is 9.02. The highest BCUT2D eigenvalue weighted by molar-refractivity contribution is 9.10. The smallest absolute Gasteiger partial charge is 0.280 e. The Morgan fingerprint density at radius 2 is 2.46 bits per heavy atom. The van der Waals surface area contributed by atoms with Crippen molar-refractivity contribution in [1.29, 1.82) is 0 Å². The van der Waals surface area contributed by atoms with Crippen molar-refractivity contribution in [1.82, 2.24) is 10.2 Å². The molecule has 1 heterocycles. The highest BCUT2D eigenvalue weighted by Gasteiger charge is 2.02. The maximum atomic E-state index is 11.1. The number of aromatic amines is 1. The van der Waals surface area contributed by atoms with E-state index in [0.717, 1.165) is 25.1 Å². The maximum Gasteiger partial charge on any atom is 0.280 e. The molecule has 0 aliphatic heterocycles. The molecule has 1 aromatic rings. The fourth-order valence-electron chi connectivity index (χ4n) is 0.907. The number of hydrogen-bond donors (Lipinski definition) is 2. The van der Waals surface area contributed by atoms with Crippen LogP contribution in [-0.2, 0) is 0 Å². The number of halogens is 1. The minimum Gasteiger partial charge on any atom is -0.383 e. The Hall–Kier alpha value is -0.840. The van der Waals surface area contributed by atoms with Crippen molar-refractivity contribution in [2.75, 3.05) is 11.9 Å². The first kappa shape index (κ1) is 10.2. The second-order valence-corrected chi connectivity index (χ2v) is 3.50. The van der Waals surface area contributed by atoms with Gasteiger partial charge in [-0.05, 0) is 22.4 Å². The van der Waals surface area contributed by atoms with Crippen LogP contribution in [0.1, 0.15) is 19.8 Å². The third-order valence-corrected chi connectivity index (χ3v) is 2.43. The molecule has 0 saturated heterocycles. The summed E-state index contributed by atoms with van der Waals surface area (Å²) in [6.45, 7) is 2.98. The highest BCUT2D eigenvalue weighted by Crippen LogP contribution is 2.14. The average molecular weight is 246 g/mol. The van der Waals surface area contributed by atoms with Crippen molar-refractivity contribution in [3.63, 3.8) is 0 Å². The standard InChI is InChI=1S/C8H12BrN3O/c1-2-3-4-10-6-5-11-12-8(13)7(6)9/h5H,2-4H2,1H3,(H2,10,12,13). The topological polar surface area (TPSA) is 57.8 Å². The number of nitrogens with one attached hydrogen (secondary N) is 2. The van der Waals surface area contributed by atoms with Crippen molar-refractivity contribution < 1.29 is 0 Å². The minimum absolute atomic E-state index is 0.207. The molecule has 0 aromatic carbocycles. The number of nitrogens with zero attached hydrogens (tertiary/aromatic N) is 1. The predicted octanol–water partition coefficient (Wildman–Crippen LogP) is 1.74. The molecule has 0 bridgehead atoms. The number of hydrogen-bond acceptors (Lipinski definition) is 3. The van der Waals surface area contributed by atoms with Crippen LogP contribution in [-0.4, -0.2) is 16.7 Å². The SMILES string of the molecule is CCCCNc1cn[nH]c(=O)c1Br. The molecule has 0 atom stereocenters. The second-order valence-electron chi connectivity index (χ2n) is 2.71. The molecule has 0 radical (unpaired) electrons. The molecule has 72 valence electrons. The van der Waals surface area contributed by atoms with Crippen LogP contribution >= 0.6 is 15.9 Å². The van der Waals surface area contributed by atoms with Gasteiger partial charge in [-0.25, -0.2) is 5.10 Å². The monoisotopic (exact) mass is 245 g/mol. The zero-order chi connectivity index (χ0) is 9.68. The van der Waals surface area contributed by atoms with E-state index in [-0.39, 0.29) is 5.56 Å². The molecule has 13 heavy (non-hydrogen) atoms. The fraction of sp³-hybridized carbons (Fsp3) is 0.500. The predicted molar refractivity (Wildman–Crippen MR) is 56.0 cm³/mol. The zero-order valence-electron chi connectivity index (χ0n) is 7.43. The van der Waals surface area contributed by atoms with Crippen LogP contribution in [0.3, 0.4) is 0 Å². The second kappa shape index (κ2) is 5.01. The van der Waals surface area contributed by atoms with E-state index in [1.165, 1.54) is 0 Å². The van der Waals surface area contributed by atoms with Crippen LogP contribution in [0.2, 0.25) is 0 Å². The Bertz CT molecular complexity index is 323. The lowest BCUT2D eigenvalue weighted by Crippen LogP contribution is -2.12. The molecule has 1 aromatic heterocycles. The van der Waals surface area contributed by atoms with Gasteiger partial charge in [0.15, 0.2) is 0 Å². The number of anilines is 1. The van der Waals surface area contributed by atoms with Crippen LogP contribution in [0.5, 0.6) is 0 Å². The van der Waals surface area contributed by atoms with Crippen LogP contribution < -0.4 is 10.9 Å². The number of rotatable bonds is 4. The summed E-state index contributed by atoms with van der Waals surface area (Å²) in [6, 6.07) is 0. The first-order valence-electron chi connectivity index (χ1n) is 4.22. The number of aromatic nitrogens is 2. The Labute approximate surface area is 84.9 Å². The summed E-state index contributed by atoms with van der Waals surface area (Å²) < 4.78 is 0.513. The molecule has 0 unspecified atom stereocenters. The van der Waals surface area contributed by atoms with Gasteiger partial charge in [-0.15, -0.1) is 0 Å². The van der Waals surface area contributed by atoms with Gasteiger partial charge >= 0.3 is 0 Å². The van der Waals surface area contributed by atoms with Gasteiger partial charge in [-0.1, -0.05) is 13.3 Å². The average Bonchev–Trinajstić information content (AvgIpc) is 2.13. The maximum absolute atomic E-state index is 11.1. The Morgan fingerprint density at radius 3 is 3.15 bits per heavy atom. The quantitative estimate of drug-likeness (QED) is 0.795. The van der Waals surface area contributed by atoms with Crippen molar-refractivity contribution in [2.24, 2.45) is 0 Å². The van der Waals surface area contributed by atoms with Crippen LogP contribution in [0.25, 0.3) is 0 Å². The summed E-state index contributed by atoms with van der Waals surface area (Å²) in [7, 11) is 0.